The van der Waals surface area contributed by atoms with Gasteiger partial charge in [-0.2, -0.15) is 0 Å². The van der Waals surface area contributed by atoms with Gasteiger partial charge in [0.15, 0.2) is 0 Å². The van der Waals surface area contributed by atoms with Crippen LogP contribution in [0, 0.1) is 0 Å². The van der Waals surface area contributed by atoms with Crippen molar-refractivity contribution in [3.63, 3.8) is 0 Å². The first-order chi connectivity index (χ1) is 10.7. The van der Waals surface area contributed by atoms with Crippen molar-refractivity contribution in [3.8, 4) is 5.75 Å². The van der Waals surface area contributed by atoms with Crippen LogP contribution in [0.2, 0.25) is 0 Å². The molecule has 0 atom stereocenters. The number of aromatic nitrogens is 2. The van der Waals surface area contributed by atoms with E-state index in [1.165, 1.54) is 0 Å². The van der Waals surface area contributed by atoms with E-state index in [1.54, 1.807) is 13.3 Å². The van der Waals surface area contributed by atoms with Gasteiger partial charge in [-0.05, 0) is 12.1 Å². The van der Waals surface area contributed by atoms with Crippen LogP contribution in [-0.2, 0) is 7.05 Å². The highest BCUT2D eigenvalue weighted by molar-refractivity contribution is 5.94. The number of amides is 1. The van der Waals surface area contributed by atoms with Gasteiger partial charge < -0.3 is 19.1 Å². The summed E-state index contributed by atoms with van der Waals surface area (Å²) in [5, 5.41) is 0. The zero-order valence-corrected chi connectivity index (χ0v) is 12.9. The molecule has 0 bridgehead atoms. The normalized spacial score (nSPS) is 15.0. The second-order valence-electron chi connectivity index (χ2n) is 5.40. The number of nitrogens with zero attached hydrogens (tertiary/aromatic N) is 4. The molecular weight excluding hydrogens is 280 g/mol. The molecule has 22 heavy (non-hydrogen) atoms. The Labute approximate surface area is 129 Å². The summed E-state index contributed by atoms with van der Waals surface area (Å²) in [5.41, 5.74) is 0.746. The summed E-state index contributed by atoms with van der Waals surface area (Å²) in [6.07, 6.45) is 5.50. The number of carbonyl (C=O) groups is 1. The number of hydrogen-bond donors (Lipinski definition) is 0. The summed E-state index contributed by atoms with van der Waals surface area (Å²) in [6, 6.07) is 5.62. The molecule has 1 amide bonds. The Bertz CT molecular complexity index is 660. The van der Waals surface area contributed by atoms with Crippen LogP contribution in [0.3, 0.4) is 0 Å². The van der Waals surface area contributed by atoms with Crippen molar-refractivity contribution in [1.29, 1.82) is 0 Å². The maximum Gasteiger partial charge on any atom is 0.255 e. The maximum atomic E-state index is 12.4. The molecule has 0 aromatic carbocycles. The van der Waals surface area contributed by atoms with E-state index < -0.39 is 0 Å². The van der Waals surface area contributed by atoms with Crippen molar-refractivity contribution in [2.75, 3.05) is 38.2 Å². The van der Waals surface area contributed by atoms with Crippen molar-refractivity contribution in [3.05, 3.63) is 42.4 Å². The van der Waals surface area contributed by atoms with Gasteiger partial charge in [0.25, 0.3) is 5.91 Å². The quantitative estimate of drug-likeness (QED) is 0.859. The molecule has 1 aliphatic rings. The maximum absolute atomic E-state index is 12.4. The molecule has 0 unspecified atom stereocenters. The van der Waals surface area contributed by atoms with E-state index in [0.717, 1.165) is 30.2 Å². The SMILES string of the molecule is COc1ccnc(N2CCN(C(=O)c3ccn(C)c3)CC2)c1. The molecule has 1 saturated heterocycles. The minimum Gasteiger partial charge on any atom is -0.497 e. The van der Waals surface area contributed by atoms with Crippen molar-refractivity contribution >= 4 is 11.7 Å². The highest BCUT2D eigenvalue weighted by Crippen LogP contribution is 2.19. The molecule has 2 aromatic heterocycles. The van der Waals surface area contributed by atoms with Crippen LogP contribution >= 0.6 is 0 Å². The monoisotopic (exact) mass is 300 g/mol. The van der Waals surface area contributed by atoms with Gasteiger partial charge in [-0.15, -0.1) is 0 Å². The lowest BCUT2D eigenvalue weighted by Crippen LogP contribution is -2.49. The van der Waals surface area contributed by atoms with Crippen molar-refractivity contribution in [2.24, 2.45) is 7.05 Å². The molecule has 1 aliphatic heterocycles. The number of pyridine rings is 1. The Kier molecular flexibility index (Phi) is 4.00. The first-order valence-electron chi connectivity index (χ1n) is 7.33. The van der Waals surface area contributed by atoms with Crippen molar-refractivity contribution in [2.45, 2.75) is 0 Å². The number of hydrogen-bond acceptors (Lipinski definition) is 4. The number of carbonyl (C=O) groups excluding carboxylic acids is 1. The van der Waals surface area contributed by atoms with E-state index >= 15 is 0 Å². The van der Waals surface area contributed by atoms with Crippen LogP contribution < -0.4 is 9.64 Å². The van der Waals surface area contributed by atoms with E-state index in [2.05, 4.69) is 9.88 Å². The van der Waals surface area contributed by atoms with Gasteiger partial charge in [-0.1, -0.05) is 0 Å². The third-order valence-corrected chi connectivity index (χ3v) is 3.92. The third-order valence-electron chi connectivity index (χ3n) is 3.92. The predicted octanol–water partition coefficient (Wildman–Crippen LogP) is 1.39. The minimum atomic E-state index is 0.0962. The predicted molar refractivity (Wildman–Crippen MR) is 84.3 cm³/mol. The van der Waals surface area contributed by atoms with Gasteiger partial charge in [0, 0.05) is 57.9 Å². The van der Waals surface area contributed by atoms with E-state index in [1.807, 2.05) is 47.1 Å². The average molecular weight is 300 g/mol. The van der Waals surface area contributed by atoms with Crippen LogP contribution in [0.15, 0.2) is 36.8 Å². The molecule has 6 nitrogen and oxygen atoms in total. The zero-order valence-electron chi connectivity index (χ0n) is 12.9. The lowest BCUT2D eigenvalue weighted by molar-refractivity contribution is 0.0746. The molecule has 0 N–H and O–H groups in total. The van der Waals surface area contributed by atoms with Crippen molar-refractivity contribution < 1.29 is 9.53 Å². The number of piperazine rings is 1. The Balaban J connectivity index is 1.63. The second-order valence-corrected chi connectivity index (χ2v) is 5.40. The summed E-state index contributed by atoms with van der Waals surface area (Å²) in [4.78, 5) is 20.9. The zero-order chi connectivity index (χ0) is 15.5. The van der Waals surface area contributed by atoms with E-state index in [-0.39, 0.29) is 5.91 Å². The molecule has 3 rings (SSSR count). The topological polar surface area (TPSA) is 50.6 Å². The van der Waals surface area contributed by atoms with Gasteiger partial charge in [0.1, 0.15) is 11.6 Å². The first-order valence-corrected chi connectivity index (χ1v) is 7.33. The molecule has 0 radical (unpaired) electrons. The summed E-state index contributed by atoms with van der Waals surface area (Å²) >= 11 is 0. The largest absolute Gasteiger partial charge is 0.497 e. The molecule has 6 heteroatoms. The Morgan fingerprint density at radius 2 is 2.00 bits per heavy atom. The summed E-state index contributed by atoms with van der Waals surface area (Å²) in [7, 11) is 3.57. The fourth-order valence-corrected chi connectivity index (χ4v) is 2.65. The molecular formula is C16H20N4O2. The van der Waals surface area contributed by atoms with Crippen LogP contribution in [-0.4, -0.2) is 53.6 Å². The standard InChI is InChI=1S/C16H20N4O2/c1-18-6-4-13(12-18)16(21)20-9-7-19(8-10-20)15-11-14(22-2)3-5-17-15/h3-6,11-12H,7-10H2,1-2H3. The number of rotatable bonds is 3. The molecule has 3 heterocycles. The minimum absolute atomic E-state index is 0.0962. The van der Waals surface area contributed by atoms with Crippen LogP contribution in [0.5, 0.6) is 5.75 Å². The number of methoxy groups -OCH3 is 1. The third kappa shape index (κ3) is 2.90. The number of ether oxygens (including phenoxy) is 1. The fourth-order valence-electron chi connectivity index (χ4n) is 2.65. The molecule has 116 valence electrons. The number of anilines is 1. The molecule has 2 aromatic rings. The second kappa shape index (κ2) is 6.09. The van der Waals surface area contributed by atoms with Crippen LogP contribution in [0.25, 0.3) is 0 Å². The highest BCUT2D eigenvalue weighted by Gasteiger charge is 2.23. The molecule has 0 saturated carbocycles. The first kappa shape index (κ1) is 14.4. The fraction of sp³-hybridized carbons (Fsp3) is 0.375. The molecule has 1 fully saturated rings. The Morgan fingerprint density at radius 3 is 2.64 bits per heavy atom. The van der Waals surface area contributed by atoms with E-state index in [4.69, 9.17) is 4.74 Å². The summed E-state index contributed by atoms with van der Waals surface area (Å²) < 4.78 is 7.12. The molecule has 0 aliphatic carbocycles. The summed E-state index contributed by atoms with van der Waals surface area (Å²) in [6.45, 7) is 2.96. The highest BCUT2D eigenvalue weighted by atomic mass is 16.5. The Hall–Kier alpha value is -2.50. The molecule has 0 spiro atoms. The van der Waals surface area contributed by atoms with Gasteiger partial charge in [0.05, 0.1) is 12.7 Å². The van der Waals surface area contributed by atoms with Crippen LogP contribution in [0.1, 0.15) is 10.4 Å². The van der Waals surface area contributed by atoms with Gasteiger partial charge in [0.2, 0.25) is 0 Å². The lowest BCUT2D eigenvalue weighted by Gasteiger charge is -2.35. The van der Waals surface area contributed by atoms with E-state index in [0.29, 0.717) is 13.1 Å². The average Bonchev–Trinajstić information content (AvgIpc) is 3.01. The van der Waals surface area contributed by atoms with Gasteiger partial charge in [-0.3, -0.25) is 4.79 Å². The smallest absolute Gasteiger partial charge is 0.255 e. The van der Waals surface area contributed by atoms with Gasteiger partial charge >= 0.3 is 0 Å². The van der Waals surface area contributed by atoms with Gasteiger partial charge in [-0.25, -0.2) is 4.98 Å². The van der Waals surface area contributed by atoms with Crippen molar-refractivity contribution in [1.82, 2.24) is 14.5 Å². The summed E-state index contributed by atoms with van der Waals surface area (Å²) in [5.74, 6) is 1.79. The van der Waals surface area contributed by atoms with Crippen LogP contribution in [0.4, 0.5) is 5.82 Å². The Morgan fingerprint density at radius 1 is 1.23 bits per heavy atom. The lowest BCUT2D eigenvalue weighted by atomic mass is 10.2. The van der Waals surface area contributed by atoms with E-state index in [9.17, 15) is 4.79 Å². The number of aryl methyl sites for hydroxylation is 1.